The molecule has 1 amide bonds. The van der Waals surface area contributed by atoms with Gasteiger partial charge in [0.1, 0.15) is 5.56 Å². The fourth-order valence-corrected chi connectivity index (χ4v) is 5.39. The molecule has 0 aromatic carbocycles. The Bertz CT molecular complexity index is 634. The highest BCUT2D eigenvalue weighted by atomic mass is 16.5. The Kier molecular flexibility index (Phi) is 3.38. The Morgan fingerprint density at radius 2 is 2.17 bits per heavy atom. The minimum absolute atomic E-state index is 0.0758. The van der Waals surface area contributed by atoms with Crippen LogP contribution in [0.2, 0.25) is 0 Å². The number of rotatable bonds is 2. The molecule has 1 aromatic heterocycles. The molecule has 4 atom stereocenters. The summed E-state index contributed by atoms with van der Waals surface area (Å²) >= 11 is 0. The van der Waals surface area contributed by atoms with E-state index in [4.69, 9.17) is 4.74 Å². The smallest absolute Gasteiger partial charge is 0.259 e. The van der Waals surface area contributed by atoms with Crippen LogP contribution >= 0.6 is 0 Å². The average Bonchev–Trinajstić information content (AvgIpc) is 2.83. The van der Waals surface area contributed by atoms with Gasteiger partial charge >= 0.3 is 0 Å². The lowest BCUT2D eigenvalue weighted by atomic mass is 9.65. The van der Waals surface area contributed by atoms with E-state index in [0.29, 0.717) is 29.6 Å². The molecule has 3 fully saturated rings. The quantitative estimate of drug-likeness (QED) is 0.839. The van der Waals surface area contributed by atoms with Gasteiger partial charge in [0, 0.05) is 36.3 Å². The number of likely N-dealkylation sites (tertiary alicyclic amines) is 2. The first-order chi connectivity index (χ1) is 11.1. The van der Waals surface area contributed by atoms with Crippen molar-refractivity contribution in [1.29, 1.82) is 0 Å². The molecule has 2 aliphatic heterocycles. The van der Waals surface area contributed by atoms with Crippen LogP contribution in [0.4, 0.5) is 0 Å². The van der Waals surface area contributed by atoms with Gasteiger partial charge in [-0.3, -0.25) is 9.69 Å². The zero-order chi connectivity index (χ0) is 16.2. The maximum atomic E-state index is 13.2. The normalized spacial score (nSPS) is 36.1. The SMILES string of the molecule is COc1ncccc1C(=O)N1C[C@@H]2C[C@@]3(C)[C@H](CCC[C@@H]13)N2C. The Hall–Kier alpha value is -1.62. The van der Waals surface area contributed by atoms with E-state index in [1.54, 1.807) is 13.3 Å². The summed E-state index contributed by atoms with van der Waals surface area (Å²) in [5, 5.41) is 0. The lowest BCUT2D eigenvalue weighted by Gasteiger charge is -2.50. The van der Waals surface area contributed by atoms with E-state index in [2.05, 4.69) is 28.8 Å². The van der Waals surface area contributed by atoms with E-state index < -0.39 is 0 Å². The second kappa shape index (κ2) is 5.20. The number of amides is 1. The summed E-state index contributed by atoms with van der Waals surface area (Å²) in [6, 6.07) is 5.06. The molecular formula is C18H25N3O2. The van der Waals surface area contributed by atoms with E-state index in [-0.39, 0.29) is 11.3 Å². The van der Waals surface area contributed by atoms with Gasteiger partial charge in [0.15, 0.2) is 0 Å². The molecule has 0 spiro atoms. The first-order valence-electron chi connectivity index (χ1n) is 8.58. The number of aromatic nitrogens is 1. The topological polar surface area (TPSA) is 45.7 Å². The predicted octanol–water partition coefficient (Wildman–Crippen LogP) is 2.18. The maximum absolute atomic E-state index is 13.2. The highest BCUT2D eigenvalue weighted by Crippen LogP contribution is 2.53. The van der Waals surface area contributed by atoms with Crippen molar-refractivity contribution < 1.29 is 9.53 Å². The third kappa shape index (κ3) is 2.02. The molecule has 5 nitrogen and oxygen atoms in total. The Morgan fingerprint density at radius 1 is 1.39 bits per heavy atom. The van der Waals surface area contributed by atoms with E-state index in [0.717, 1.165) is 13.0 Å². The number of ether oxygens (including phenoxy) is 1. The lowest BCUT2D eigenvalue weighted by molar-refractivity contribution is 0.0115. The molecule has 3 aliphatic rings. The van der Waals surface area contributed by atoms with Gasteiger partial charge in [-0.25, -0.2) is 4.98 Å². The molecule has 0 N–H and O–H groups in total. The number of carbonyl (C=O) groups is 1. The molecule has 2 saturated heterocycles. The standard InChI is InChI=1S/C18H25N3O2/c1-18-10-12-11-21(15(18)8-4-7-14(18)20(12)2)17(22)13-6-5-9-19-16(13)23-3/h5-6,9,12,14-15H,4,7-8,10-11H2,1-3H3/t12-,14-,15+,18-/m0/s1. The summed E-state index contributed by atoms with van der Waals surface area (Å²) in [6.07, 6.45) is 6.46. The van der Waals surface area contributed by atoms with Crippen molar-refractivity contribution >= 4 is 5.91 Å². The summed E-state index contributed by atoms with van der Waals surface area (Å²) in [6.45, 7) is 3.21. The second-order valence-corrected chi connectivity index (χ2v) is 7.51. The van der Waals surface area contributed by atoms with Crippen LogP contribution in [0.25, 0.3) is 0 Å². The number of nitrogens with zero attached hydrogens (tertiary/aromatic N) is 3. The molecule has 0 unspecified atom stereocenters. The summed E-state index contributed by atoms with van der Waals surface area (Å²) in [7, 11) is 3.81. The van der Waals surface area contributed by atoms with Crippen molar-refractivity contribution in [2.24, 2.45) is 5.41 Å². The Morgan fingerprint density at radius 3 is 2.96 bits per heavy atom. The van der Waals surface area contributed by atoms with Crippen LogP contribution in [0, 0.1) is 5.41 Å². The van der Waals surface area contributed by atoms with Crippen molar-refractivity contribution in [3.8, 4) is 5.88 Å². The summed E-state index contributed by atoms with van der Waals surface area (Å²) < 4.78 is 5.31. The molecule has 5 heteroatoms. The van der Waals surface area contributed by atoms with E-state index in [9.17, 15) is 4.79 Å². The van der Waals surface area contributed by atoms with Crippen LogP contribution < -0.4 is 4.74 Å². The van der Waals surface area contributed by atoms with Crippen LogP contribution in [0.1, 0.15) is 43.0 Å². The number of methoxy groups -OCH3 is 1. The zero-order valence-electron chi connectivity index (χ0n) is 14.2. The molecular weight excluding hydrogens is 290 g/mol. The van der Waals surface area contributed by atoms with E-state index in [1.165, 1.54) is 19.3 Å². The van der Waals surface area contributed by atoms with Gasteiger partial charge in [0.25, 0.3) is 5.91 Å². The molecule has 0 radical (unpaired) electrons. The summed E-state index contributed by atoms with van der Waals surface area (Å²) in [4.78, 5) is 22.1. The Labute approximate surface area is 137 Å². The minimum Gasteiger partial charge on any atom is -0.480 e. The van der Waals surface area contributed by atoms with Crippen molar-refractivity contribution in [3.05, 3.63) is 23.9 Å². The van der Waals surface area contributed by atoms with Gasteiger partial charge in [-0.15, -0.1) is 0 Å². The van der Waals surface area contributed by atoms with Crippen LogP contribution in [-0.2, 0) is 0 Å². The molecule has 1 saturated carbocycles. The minimum atomic E-state index is 0.0758. The van der Waals surface area contributed by atoms with Crippen molar-refractivity contribution in [3.63, 3.8) is 0 Å². The largest absolute Gasteiger partial charge is 0.480 e. The maximum Gasteiger partial charge on any atom is 0.259 e. The van der Waals surface area contributed by atoms with E-state index >= 15 is 0 Å². The van der Waals surface area contributed by atoms with Gasteiger partial charge in [-0.05, 0) is 44.9 Å². The van der Waals surface area contributed by atoms with Gasteiger partial charge < -0.3 is 9.64 Å². The molecule has 4 rings (SSSR count). The fourth-order valence-electron chi connectivity index (χ4n) is 5.39. The average molecular weight is 315 g/mol. The number of likely N-dealkylation sites (N-methyl/N-ethyl adjacent to an activating group) is 1. The number of piperidine rings is 1. The zero-order valence-corrected chi connectivity index (χ0v) is 14.2. The molecule has 124 valence electrons. The third-order valence-electron chi connectivity index (χ3n) is 6.46. The summed E-state index contributed by atoms with van der Waals surface area (Å²) in [5.41, 5.74) is 0.811. The molecule has 1 aliphatic carbocycles. The van der Waals surface area contributed by atoms with Crippen molar-refractivity contribution in [2.75, 3.05) is 20.7 Å². The predicted molar refractivity (Wildman–Crippen MR) is 87.5 cm³/mol. The fraction of sp³-hybridized carbons (Fsp3) is 0.667. The molecule has 1 aromatic rings. The third-order valence-corrected chi connectivity index (χ3v) is 6.46. The van der Waals surface area contributed by atoms with Gasteiger partial charge in [0.2, 0.25) is 5.88 Å². The molecule has 3 heterocycles. The monoisotopic (exact) mass is 315 g/mol. The molecule has 2 bridgehead atoms. The Balaban J connectivity index is 1.71. The van der Waals surface area contributed by atoms with Gasteiger partial charge in [-0.1, -0.05) is 6.92 Å². The van der Waals surface area contributed by atoms with Crippen LogP contribution in [0.15, 0.2) is 18.3 Å². The number of pyridine rings is 1. The van der Waals surface area contributed by atoms with Gasteiger partial charge in [-0.2, -0.15) is 0 Å². The van der Waals surface area contributed by atoms with E-state index in [1.807, 2.05) is 12.1 Å². The highest BCUT2D eigenvalue weighted by Gasteiger charge is 2.59. The second-order valence-electron chi connectivity index (χ2n) is 7.51. The molecule has 23 heavy (non-hydrogen) atoms. The number of fused-ring (bicyclic) bond motifs is 1. The summed E-state index contributed by atoms with van der Waals surface area (Å²) in [5.74, 6) is 0.508. The van der Waals surface area contributed by atoms with Crippen LogP contribution in [-0.4, -0.2) is 59.5 Å². The lowest BCUT2D eigenvalue weighted by Crippen LogP contribution is -2.57. The number of carbonyl (C=O) groups excluding carboxylic acids is 1. The van der Waals surface area contributed by atoms with Crippen molar-refractivity contribution in [2.45, 2.75) is 50.7 Å². The highest BCUT2D eigenvalue weighted by molar-refractivity contribution is 5.96. The number of hydrogen-bond donors (Lipinski definition) is 0. The number of hydrogen-bond acceptors (Lipinski definition) is 4. The van der Waals surface area contributed by atoms with Crippen molar-refractivity contribution in [1.82, 2.24) is 14.8 Å². The van der Waals surface area contributed by atoms with Gasteiger partial charge in [0.05, 0.1) is 7.11 Å². The first kappa shape index (κ1) is 14.9. The van der Waals surface area contributed by atoms with Crippen LogP contribution in [0.5, 0.6) is 5.88 Å². The van der Waals surface area contributed by atoms with Crippen LogP contribution in [0.3, 0.4) is 0 Å². The first-order valence-corrected chi connectivity index (χ1v) is 8.58.